The van der Waals surface area contributed by atoms with Gasteiger partial charge in [-0.2, -0.15) is 0 Å². The van der Waals surface area contributed by atoms with Gasteiger partial charge in [-0.3, -0.25) is 9.80 Å². The van der Waals surface area contributed by atoms with Crippen LogP contribution in [0.2, 0.25) is 0 Å². The second kappa shape index (κ2) is 24.3. The molecule has 1 aliphatic heterocycles. The molecule has 0 N–H and O–H groups in total. The molecule has 0 aromatic carbocycles. The molecular formula is C33H68N2. The van der Waals surface area contributed by atoms with Gasteiger partial charge in [-0.25, -0.2) is 0 Å². The molecule has 1 saturated heterocycles. The van der Waals surface area contributed by atoms with Crippen molar-refractivity contribution in [2.24, 2.45) is 0 Å². The van der Waals surface area contributed by atoms with Crippen LogP contribution in [0.4, 0.5) is 0 Å². The molecule has 1 unspecified atom stereocenters. The lowest BCUT2D eigenvalue weighted by Crippen LogP contribution is -2.53. The van der Waals surface area contributed by atoms with E-state index in [1.165, 1.54) is 174 Å². The average Bonchev–Trinajstić information content (AvgIpc) is 2.88. The number of rotatable bonds is 25. The number of hydrogen-bond donors (Lipinski definition) is 0. The van der Waals surface area contributed by atoms with Gasteiger partial charge in [0.25, 0.3) is 0 Å². The first-order valence-corrected chi connectivity index (χ1v) is 16.7. The molecule has 0 saturated carbocycles. The maximum absolute atomic E-state index is 2.92. The largest absolute Gasteiger partial charge is 0.298 e. The fourth-order valence-electron chi connectivity index (χ4n) is 6.24. The van der Waals surface area contributed by atoms with Gasteiger partial charge in [0.15, 0.2) is 0 Å². The van der Waals surface area contributed by atoms with E-state index in [4.69, 9.17) is 0 Å². The van der Waals surface area contributed by atoms with Crippen molar-refractivity contribution in [3.8, 4) is 0 Å². The van der Waals surface area contributed by atoms with E-state index in [-0.39, 0.29) is 0 Å². The van der Waals surface area contributed by atoms with E-state index in [9.17, 15) is 0 Å². The molecule has 2 nitrogen and oxygen atoms in total. The van der Waals surface area contributed by atoms with Crippen LogP contribution in [0, 0.1) is 0 Å². The van der Waals surface area contributed by atoms with Crippen molar-refractivity contribution in [2.45, 2.75) is 187 Å². The molecule has 35 heavy (non-hydrogen) atoms. The molecule has 1 heterocycles. The predicted octanol–water partition coefficient (Wildman–Crippen LogP) is 10.4. The third-order valence-electron chi connectivity index (χ3n) is 8.70. The predicted molar refractivity (Wildman–Crippen MR) is 160 cm³/mol. The highest BCUT2D eigenvalue weighted by atomic mass is 15.3. The SMILES string of the molecule is CCCCCCCC(CCCCCC)N1CCN(C(CCCCCCC)CCCCCCC)CC1. The van der Waals surface area contributed by atoms with Gasteiger partial charge >= 0.3 is 0 Å². The Kier molecular flexibility index (Phi) is 22.8. The summed E-state index contributed by atoms with van der Waals surface area (Å²) in [7, 11) is 0. The van der Waals surface area contributed by atoms with Crippen molar-refractivity contribution in [3.05, 3.63) is 0 Å². The van der Waals surface area contributed by atoms with E-state index in [1.54, 1.807) is 0 Å². The molecule has 1 aliphatic rings. The summed E-state index contributed by atoms with van der Waals surface area (Å²) in [5.74, 6) is 0. The van der Waals surface area contributed by atoms with E-state index in [2.05, 4.69) is 37.5 Å². The van der Waals surface area contributed by atoms with Gasteiger partial charge in [0, 0.05) is 38.3 Å². The molecule has 0 bridgehead atoms. The number of nitrogens with zero attached hydrogens (tertiary/aromatic N) is 2. The Morgan fingerprint density at radius 1 is 0.343 bits per heavy atom. The van der Waals surface area contributed by atoms with Gasteiger partial charge in [0.05, 0.1) is 0 Å². The van der Waals surface area contributed by atoms with E-state index in [0.29, 0.717) is 0 Å². The van der Waals surface area contributed by atoms with Gasteiger partial charge in [0.2, 0.25) is 0 Å². The summed E-state index contributed by atoms with van der Waals surface area (Å²) in [4.78, 5) is 5.84. The third kappa shape index (κ3) is 17.1. The van der Waals surface area contributed by atoms with Gasteiger partial charge in [-0.1, -0.05) is 150 Å². The zero-order valence-corrected chi connectivity index (χ0v) is 25.1. The second-order valence-corrected chi connectivity index (χ2v) is 11.8. The maximum Gasteiger partial charge on any atom is 0.0113 e. The van der Waals surface area contributed by atoms with Crippen LogP contribution < -0.4 is 0 Å². The molecule has 0 aliphatic carbocycles. The molecule has 0 radical (unpaired) electrons. The van der Waals surface area contributed by atoms with Crippen molar-refractivity contribution in [3.63, 3.8) is 0 Å². The molecule has 0 amide bonds. The maximum atomic E-state index is 2.92. The minimum Gasteiger partial charge on any atom is -0.298 e. The topological polar surface area (TPSA) is 6.48 Å². The highest BCUT2D eigenvalue weighted by molar-refractivity contribution is 4.83. The first kappa shape index (κ1) is 32.9. The highest BCUT2D eigenvalue weighted by Gasteiger charge is 2.27. The summed E-state index contributed by atoms with van der Waals surface area (Å²) >= 11 is 0. The first-order valence-electron chi connectivity index (χ1n) is 16.7. The molecule has 210 valence electrons. The fourth-order valence-corrected chi connectivity index (χ4v) is 6.24. The van der Waals surface area contributed by atoms with Crippen molar-refractivity contribution >= 4 is 0 Å². The van der Waals surface area contributed by atoms with Crippen LogP contribution in [-0.2, 0) is 0 Å². The minimum absolute atomic E-state index is 0.858. The summed E-state index contributed by atoms with van der Waals surface area (Å²) in [6.45, 7) is 14.7. The quantitative estimate of drug-likeness (QED) is 0.117. The summed E-state index contributed by atoms with van der Waals surface area (Å²) < 4.78 is 0. The summed E-state index contributed by atoms with van der Waals surface area (Å²) in [6, 6.07) is 1.72. The fraction of sp³-hybridized carbons (Fsp3) is 1.00. The van der Waals surface area contributed by atoms with Crippen molar-refractivity contribution < 1.29 is 0 Å². The van der Waals surface area contributed by atoms with Gasteiger partial charge in [-0.05, 0) is 25.7 Å². The second-order valence-electron chi connectivity index (χ2n) is 11.8. The molecule has 1 atom stereocenters. The van der Waals surface area contributed by atoms with Crippen LogP contribution in [0.25, 0.3) is 0 Å². The third-order valence-corrected chi connectivity index (χ3v) is 8.70. The monoisotopic (exact) mass is 493 g/mol. The molecule has 0 aromatic rings. The summed E-state index contributed by atoms with van der Waals surface area (Å²) in [5.41, 5.74) is 0. The molecule has 0 aromatic heterocycles. The van der Waals surface area contributed by atoms with Crippen LogP contribution in [0.3, 0.4) is 0 Å². The molecule has 0 spiro atoms. The van der Waals surface area contributed by atoms with Crippen LogP contribution in [-0.4, -0.2) is 48.1 Å². The Morgan fingerprint density at radius 2 is 0.571 bits per heavy atom. The van der Waals surface area contributed by atoms with Crippen LogP contribution in [0.15, 0.2) is 0 Å². The van der Waals surface area contributed by atoms with Crippen LogP contribution in [0.1, 0.15) is 175 Å². The number of unbranched alkanes of at least 4 members (excludes halogenated alkanes) is 15. The summed E-state index contributed by atoms with van der Waals surface area (Å²) in [6.07, 6.45) is 32.9. The highest BCUT2D eigenvalue weighted by Crippen LogP contribution is 2.23. The Bertz CT molecular complexity index is 401. The van der Waals surface area contributed by atoms with E-state index in [1.807, 2.05) is 0 Å². The lowest BCUT2D eigenvalue weighted by atomic mass is 9.97. The average molecular weight is 493 g/mol. The lowest BCUT2D eigenvalue weighted by molar-refractivity contribution is 0.0547. The van der Waals surface area contributed by atoms with Gasteiger partial charge in [-0.15, -0.1) is 0 Å². The van der Waals surface area contributed by atoms with Crippen molar-refractivity contribution in [1.29, 1.82) is 0 Å². The Morgan fingerprint density at radius 3 is 0.829 bits per heavy atom. The van der Waals surface area contributed by atoms with Crippen LogP contribution >= 0.6 is 0 Å². The zero-order chi connectivity index (χ0) is 25.4. The number of piperazine rings is 1. The standard InChI is InChI=1S/C33H68N2/c1-5-9-13-17-21-25-32(24-20-16-12-8-4)34-28-30-35(31-29-34)33(26-22-18-14-10-6-2)27-23-19-15-11-7-3/h32-33H,5-31H2,1-4H3. The summed E-state index contributed by atoms with van der Waals surface area (Å²) in [5, 5.41) is 0. The lowest BCUT2D eigenvalue weighted by Gasteiger charge is -2.43. The minimum atomic E-state index is 0.858. The number of hydrogen-bond acceptors (Lipinski definition) is 2. The Balaban J connectivity index is 2.52. The van der Waals surface area contributed by atoms with Gasteiger partial charge < -0.3 is 0 Å². The smallest absolute Gasteiger partial charge is 0.0113 e. The van der Waals surface area contributed by atoms with Crippen LogP contribution in [0.5, 0.6) is 0 Å². The van der Waals surface area contributed by atoms with Gasteiger partial charge in [0.1, 0.15) is 0 Å². The molecule has 1 rings (SSSR count). The normalized spacial score (nSPS) is 16.4. The first-order chi connectivity index (χ1) is 17.3. The molecule has 2 heteroatoms. The van der Waals surface area contributed by atoms with E-state index in [0.717, 1.165) is 12.1 Å². The van der Waals surface area contributed by atoms with E-state index >= 15 is 0 Å². The Hall–Kier alpha value is -0.0800. The molecule has 1 fully saturated rings. The van der Waals surface area contributed by atoms with Crippen molar-refractivity contribution in [2.75, 3.05) is 26.2 Å². The van der Waals surface area contributed by atoms with Crippen molar-refractivity contribution in [1.82, 2.24) is 9.80 Å². The molecular weight excluding hydrogens is 424 g/mol. The zero-order valence-electron chi connectivity index (χ0n) is 25.1. The van der Waals surface area contributed by atoms with E-state index < -0.39 is 0 Å². The Labute approximate surface area is 223 Å².